The minimum absolute atomic E-state index is 0.0428. The number of hydrogen-bond acceptors (Lipinski definition) is 5. The first-order valence-electron chi connectivity index (χ1n) is 11.4. The number of aromatic nitrogens is 3. The highest BCUT2D eigenvalue weighted by molar-refractivity contribution is 6.07. The molecule has 5 rings (SSSR count). The first-order chi connectivity index (χ1) is 17.8. The van der Waals surface area contributed by atoms with Crippen molar-refractivity contribution in [2.75, 3.05) is 13.1 Å². The third kappa shape index (κ3) is 4.89. The number of likely N-dealkylation sites (tertiary alicyclic amines) is 1. The van der Waals surface area contributed by atoms with Gasteiger partial charge in [0.1, 0.15) is 22.5 Å². The van der Waals surface area contributed by atoms with Gasteiger partial charge in [0, 0.05) is 43.7 Å². The topological polar surface area (TPSA) is 89.3 Å². The minimum atomic E-state index is -4.87. The molecule has 2 fully saturated rings. The Bertz CT molecular complexity index is 1420. The Labute approximate surface area is 210 Å². The number of halogens is 6. The van der Waals surface area contributed by atoms with Gasteiger partial charge >= 0.3 is 6.36 Å². The van der Waals surface area contributed by atoms with Crippen LogP contribution in [0.1, 0.15) is 29.2 Å². The molecule has 0 atom stereocenters. The molecule has 2 aromatic heterocycles. The Morgan fingerprint density at radius 2 is 1.76 bits per heavy atom. The van der Waals surface area contributed by atoms with Crippen LogP contribution in [0.3, 0.4) is 0 Å². The first-order valence-corrected chi connectivity index (χ1v) is 11.4. The van der Waals surface area contributed by atoms with Crippen molar-refractivity contribution in [2.45, 2.75) is 37.2 Å². The molecule has 1 aliphatic carbocycles. The number of amides is 2. The van der Waals surface area contributed by atoms with E-state index in [9.17, 15) is 35.9 Å². The molecule has 1 aromatic carbocycles. The molecule has 1 aliphatic heterocycles. The molecule has 2 aliphatic rings. The van der Waals surface area contributed by atoms with Crippen molar-refractivity contribution in [3.63, 3.8) is 0 Å². The summed E-state index contributed by atoms with van der Waals surface area (Å²) in [5.41, 5.74) is 1.12. The molecule has 0 bridgehead atoms. The van der Waals surface area contributed by atoms with Gasteiger partial charge in [0.2, 0.25) is 0 Å². The minimum Gasteiger partial charge on any atom is -0.406 e. The second-order valence-electron chi connectivity index (χ2n) is 9.12. The van der Waals surface area contributed by atoms with E-state index in [1.807, 2.05) is 0 Å². The summed E-state index contributed by atoms with van der Waals surface area (Å²) in [6, 6.07) is 5.04. The van der Waals surface area contributed by atoms with Crippen molar-refractivity contribution in [1.29, 1.82) is 0 Å². The van der Waals surface area contributed by atoms with Gasteiger partial charge in [-0.25, -0.2) is 13.2 Å². The number of pyridine rings is 1. The summed E-state index contributed by atoms with van der Waals surface area (Å²) in [4.78, 5) is 30.5. The van der Waals surface area contributed by atoms with Crippen LogP contribution in [0.15, 0.2) is 48.9 Å². The predicted molar refractivity (Wildman–Crippen MR) is 121 cm³/mol. The molecule has 2 amide bonds. The Balaban J connectivity index is 1.52. The highest BCUT2D eigenvalue weighted by Crippen LogP contribution is 2.38. The van der Waals surface area contributed by atoms with Gasteiger partial charge in [0.25, 0.3) is 17.7 Å². The lowest BCUT2D eigenvalue weighted by molar-refractivity contribution is -0.274. The highest BCUT2D eigenvalue weighted by Gasteiger charge is 2.46. The SMILES string of the molecule is C=C(F)C(=O)N1CC(n2nc(-c3ccc(OC(F)(F)F)cc3)c3nccc(C(=O)NC4CC(F)(F)C4)c32)C1. The number of benzene rings is 1. The number of ether oxygens (including phenoxy) is 1. The molecule has 38 heavy (non-hydrogen) atoms. The van der Waals surface area contributed by atoms with Crippen molar-refractivity contribution < 1.29 is 40.7 Å². The fourth-order valence-corrected chi connectivity index (χ4v) is 4.49. The Morgan fingerprint density at radius 1 is 1.11 bits per heavy atom. The Morgan fingerprint density at radius 3 is 2.34 bits per heavy atom. The van der Waals surface area contributed by atoms with E-state index >= 15 is 0 Å². The van der Waals surface area contributed by atoms with E-state index in [-0.39, 0.29) is 35.4 Å². The standard InChI is InChI=1S/C24H19F6N5O3/c1-12(25)22(37)34-10-15(11-34)35-20-17(21(36)32-14-8-23(26,27)9-14)6-7-31-19(20)18(33-35)13-2-4-16(5-3-13)38-24(28,29)30/h2-7,14-15H,1,8-11H2,(H,32,36). The maximum atomic E-state index is 13.3. The molecule has 1 saturated carbocycles. The zero-order valence-corrected chi connectivity index (χ0v) is 19.4. The van der Waals surface area contributed by atoms with Crippen molar-refractivity contribution in [2.24, 2.45) is 0 Å². The zero-order chi connectivity index (χ0) is 27.4. The smallest absolute Gasteiger partial charge is 0.406 e. The molecule has 1 saturated heterocycles. The largest absolute Gasteiger partial charge is 0.573 e. The molecule has 0 spiro atoms. The quantitative estimate of drug-likeness (QED) is 0.371. The van der Waals surface area contributed by atoms with E-state index in [0.717, 1.165) is 12.1 Å². The number of nitrogens with zero attached hydrogens (tertiary/aromatic N) is 4. The van der Waals surface area contributed by atoms with Gasteiger partial charge in [-0.05, 0) is 30.3 Å². The number of carbonyl (C=O) groups excluding carboxylic acids is 2. The van der Waals surface area contributed by atoms with Crippen molar-refractivity contribution in [3.8, 4) is 17.0 Å². The van der Waals surface area contributed by atoms with E-state index in [4.69, 9.17) is 0 Å². The van der Waals surface area contributed by atoms with E-state index in [0.29, 0.717) is 5.56 Å². The van der Waals surface area contributed by atoms with Gasteiger partial charge < -0.3 is 15.0 Å². The summed E-state index contributed by atoms with van der Waals surface area (Å²) in [6.07, 6.45) is -4.53. The predicted octanol–water partition coefficient (Wildman–Crippen LogP) is 4.39. The summed E-state index contributed by atoms with van der Waals surface area (Å²) in [5.74, 6) is -5.95. The number of fused-ring (bicyclic) bond motifs is 1. The van der Waals surface area contributed by atoms with Crippen LogP contribution in [-0.2, 0) is 4.79 Å². The number of rotatable bonds is 6. The van der Waals surface area contributed by atoms with Crippen LogP contribution in [0.4, 0.5) is 26.3 Å². The van der Waals surface area contributed by atoms with E-state index in [1.54, 1.807) is 0 Å². The third-order valence-electron chi connectivity index (χ3n) is 6.34. The summed E-state index contributed by atoms with van der Waals surface area (Å²) in [7, 11) is 0. The van der Waals surface area contributed by atoms with Crippen LogP contribution < -0.4 is 10.1 Å². The second kappa shape index (κ2) is 9.03. The van der Waals surface area contributed by atoms with Crippen molar-refractivity contribution >= 4 is 22.8 Å². The molecule has 1 N–H and O–H groups in total. The maximum absolute atomic E-state index is 13.3. The lowest BCUT2D eigenvalue weighted by Crippen LogP contribution is -2.51. The van der Waals surface area contributed by atoms with Crippen molar-refractivity contribution in [1.82, 2.24) is 25.0 Å². The summed E-state index contributed by atoms with van der Waals surface area (Å²) in [6.45, 7) is 3.08. The lowest BCUT2D eigenvalue weighted by atomic mass is 9.88. The van der Waals surface area contributed by atoms with Gasteiger partial charge in [0.05, 0.1) is 11.6 Å². The van der Waals surface area contributed by atoms with E-state index < -0.39 is 60.6 Å². The molecule has 8 nitrogen and oxygen atoms in total. The molecule has 200 valence electrons. The number of hydrogen-bond donors (Lipinski definition) is 1. The summed E-state index contributed by atoms with van der Waals surface area (Å²) >= 11 is 0. The van der Waals surface area contributed by atoms with Crippen LogP contribution in [-0.4, -0.2) is 62.9 Å². The zero-order valence-electron chi connectivity index (χ0n) is 19.4. The molecule has 0 radical (unpaired) electrons. The lowest BCUT2D eigenvalue weighted by Gasteiger charge is -2.39. The fraction of sp³-hybridized carbons (Fsp3) is 0.333. The van der Waals surface area contributed by atoms with E-state index in [1.165, 1.54) is 34.0 Å². The highest BCUT2D eigenvalue weighted by atomic mass is 19.4. The van der Waals surface area contributed by atoms with Gasteiger partial charge in [-0.15, -0.1) is 13.2 Å². The van der Waals surface area contributed by atoms with Gasteiger partial charge in [-0.3, -0.25) is 19.3 Å². The van der Waals surface area contributed by atoms with Crippen LogP contribution in [0.2, 0.25) is 0 Å². The maximum Gasteiger partial charge on any atom is 0.573 e. The molecule has 3 aromatic rings. The Kier molecular flexibility index (Phi) is 6.07. The second-order valence-corrected chi connectivity index (χ2v) is 9.12. The molecule has 14 heteroatoms. The Hall–Kier alpha value is -4.10. The number of nitrogens with one attached hydrogen (secondary N) is 1. The van der Waals surface area contributed by atoms with Crippen LogP contribution in [0, 0.1) is 0 Å². The third-order valence-corrected chi connectivity index (χ3v) is 6.34. The summed E-state index contributed by atoms with van der Waals surface area (Å²) < 4.78 is 82.8. The van der Waals surface area contributed by atoms with Crippen LogP contribution in [0.5, 0.6) is 5.75 Å². The van der Waals surface area contributed by atoms with Gasteiger partial charge in [-0.1, -0.05) is 6.58 Å². The van der Waals surface area contributed by atoms with Crippen LogP contribution in [0.25, 0.3) is 22.3 Å². The fourth-order valence-electron chi connectivity index (χ4n) is 4.49. The molecule has 0 unspecified atom stereocenters. The average molecular weight is 539 g/mol. The number of alkyl halides is 5. The summed E-state index contributed by atoms with van der Waals surface area (Å²) in [5, 5.41) is 7.11. The van der Waals surface area contributed by atoms with Gasteiger partial charge in [0.15, 0.2) is 5.83 Å². The van der Waals surface area contributed by atoms with Gasteiger partial charge in [-0.2, -0.15) is 5.10 Å². The van der Waals surface area contributed by atoms with Crippen molar-refractivity contribution in [3.05, 3.63) is 54.5 Å². The average Bonchev–Trinajstić information content (AvgIpc) is 3.15. The normalized spacial score (nSPS) is 17.6. The molecular formula is C24H19F6N5O3. The number of carbonyl (C=O) groups is 2. The molecular weight excluding hydrogens is 520 g/mol. The molecule has 3 heterocycles. The van der Waals surface area contributed by atoms with Crippen LogP contribution >= 0.6 is 0 Å². The first kappa shape index (κ1) is 25.5. The van der Waals surface area contributed by atoms with E-state index in [2.05, 4.69) is 26.7 Å². The monoisotopic (exact) mass is 539 g/mol.